The smallest absolute Gasteiger partial charge is 0.181 e. The van der Waals surface area contributed by atoms with Crippen LogP contribution in [-0.2, 0) is 14.2 Å². The lowest BCUT2D eigenvalue weighted by atomic mass is 10.0. The predicted octanol–water partition coefficient (Wildman–Crippen LogP) is 1.13. The van der Waals surface area contributed by atoms with Gasteiger partial charge >= 0.3 is 0 Å². The maximum absolute atomic E-state index is 5.51. The van der Waals surface area contributed by atoms with Crippen molar-refractivity contribution in [3.63, 3.8) is 0 Å². The number of nitrogens with zero attached hydrogens (tertiary/aromatic N) is 1. The van der Waals surface area contributed by atoms with Crippen LogP contribution in [0.1, 0.15) is 0 Å². The van der Waals surface area contributed by atoms with Crippen LogP contribution in [0.5, 0.6) is 0 Å². The van der Waals surface area contributed by atoms with Gasteiger partial charge in [-0.2, -0.15) is 0 Å². The molecule has 1 fully saturated rings. The van der Waals surface area contributed by atoms with E-state index in [0.29, 0.717) is 13.2 Å². The molecule has 0 spiro atoms. The Morgan fingerprint density at radius 2 is 2.36 bits per heavy atom. The summed E-state index contributed by atoms with van der Waals surface area (Å²) in [6.07, 6.45) is 6.89. The summed E-state index contributed by atoms with van der Waals surface area (Å²) >= 11 is 0. The van der Waals surface area contributed by atoms with E-state index >= 15 is 0 Å². The Balaban J connectivity index is 1.98. The Bertz CT molecular complexity index is 379. The molecule has 1 unspecified atom stereocenters. The number of hydrogen-bond donors (Lipinski definition) is 0. The van der Waals surface area contributed by atoms with Crippen molar-refractivity contribution in [3.8, 4) is 0 Å². The van der Waals surface area contributed by atoms with E-state index in [0.717, 1.165) is 17.1 Å². The third kappa shape index (κ3) is 1.15. The fraction of sp³-hybridized carbons (Fsp3) is 0.300. The molecule has 0 aromatic carbocycles. The first-order valence-corrected chi connectivity index (χ1v) is 4.50. The van der Waals surface area contributed by atoms with Crippen LogP contribution >= 0.6 is 0 Å². The fourth-order valence-corrected chi connectivity index (χ4v) is 1.62. The highest BCUT2D eigenvalue weighted by Crippen LogP contribution is 2.29. The largest absolute Gasteiger partial charge is 0.492 e. The topological polar surface area (TPSA) is 40.0 Å². The highest BCUT2D eigenvalue weighted by molar-refractivity contribution is 5.58. The third-order valence-electron chi connectivity index (χ3n) is 2.27. The first-order valence-electron chi connectivity index (χ1n) is 4.50. The Morgan fingerprint density at radius 1 is 1.36 bits per heavy atom. The van der Waals surface area contributed by atoms with Crippen molar-refractivity contribution in [2.45, 2.75) is 6.10 Å². The van der Waals surface area contributed by atoms with E-state index in [4.69, 9.17) is 14.2 Å². The van der Waals surface area contributed by atoms with Gasteiger partial charge in [0.2, 0.25) is 0 Å². The molecular weight excluding hydrogens is 182 g/mol. The third-order valence-corrected chi connectivity index (χ3v) is 2.27. The van der Waals surface area contributed by atoms with Gasteiger partial charge in [-0.15, -0.1) is 0 Å². The Hall–Kier alpha value is -1.55. The van der Waals surface area contributed by atoms with Crippen molar-refractivity contribution in [2.24, 2.45) is 4.99 Å². The van der Waals surface area contributed by atoms with Crippen LogP contribution in [0, 0.1) is 0 Å². The molecule has 4 heteroatoms. The van der Waals surface area contributed by atoms with Crippen molar-refractivity contribution in [2.75, 3.05) is 13.2 Å². The van der Waals surface area contributed by atoms with Gasteiger partial charge in [0.05, 0.1) is 6.61 Å². The van der Waals surface area contributed by atoms with Crippen molar-refractivity contribution in [3.05, 3.63) is 35.4 Å². The Labute approximate surface area is 81.2 Å². The first kappa shape index (κ1) is 7.82. The molecule has 0 radical (unpaired) electrons. The zero-order valence-corrected chi connectivity index (χ0v) is 7.47. The van der Waals surface area contributed by atoms with Gasteiger partial charge in [0.15, 0.2) is 6.40 Å². The van der Waals surface area contributed by atoms with E-state index in [2.05, 4.69) is 4.99 Å². The number of rotatable bonds is 0. The standard InChI is InChI=1S/C10H9NO3/c1-2-13-10-4-8-7(3-9(10)12-1)5-11-6-14-8/h3-6,10H,1-2H2. The summed E-state index contributed by atoms with van der Waals surface area (Å²) in [4.78, 5) is 3.91. The van der Waals surface area contributed by atoms with Crippen molar-refractivity contribution < 1.29 is 14.2 Å². The van der Waals surface area contributed by atoms with Gasteiger partial charge in [0, 0.05) is 11.8 Å². The number of allylic oxidation sites excluding steroid dienone is 1. The van der Waals surface area contributed by atoms with Crippen LogP contribution in [-0.4, -0.2) is 25.7 Å². The lowest BCUT2D eigenvalue weighted by Gasteiger charge is -2.28. The SMILES string of the molecule is C1=NC=C2C=C3OCCOC3C=C2O1. The molecule has 4 nitrogen and oxygen atoms in total. The first-order chi connectivity index (χ1) is 6.93. The van der Waals surface area contributed by atoms with E-state index in [1.165, 1.54) is 6.40 Å². The summed E-state index contributed by atoms with van der Waals surface area (Å²) < 4.78 is 16.2. The molecule has 3 rings (SSSR count). The van der Waals surface area contributed by atoms with E-state index < -0.39 is 0 Å². The maximum atomic E-state index is 5.51. The highest BCUT2D eigenvalue weighted by atomic mass is 16.6. The summed E-state index contributed by atoms with van der Waals surface area (Å²) in [6.45, 7) is 1.24. The average molecular weight is 191 g/mol. The molecule has 1 aliphatic carbocycles. The molecule has 3 aliphatic rings. The van der Waals surface area contributed by atoms with Crippen LogP contribution in [0.2, 0.25) is 0 Å². The highest BCUT2D eigenvalue weighted by Gasteiger charge is 2.26. The molecule has 0 N–H and O–H groups in total. The van der Waals surface area contributed by atoms with E-state index in [-0.39, 0.29) is 6.10 Å². The van der Waals surface area contributed by atoms with E-state index in [9.17, 15) is 0 Å². The van der Waals surface area contributed by atoms with Gasteiger partial charge in [-0.3, -0.25) is 0 Å². The van der Waals surface area contributed by atoms with Crippen LogP contribution in [0.15, 0.2) is 40.4 Å². The monoisotopic (exact) mass is 191 g/mol. The molecule has 14 heavy (non-hydrogen) atoms. The van der Waals surface area contributed by atoms with Crippen LogP contribution in [0.25, 0.3) is 0 Å². The van der Waals surface area contributed by atoms with Crippen molar-refractivity contribution >= 4 is 6.40 Å². The van der Waals surface area contributed by atoms with E-state index in [1.807, 2.05) is 12.2 Å². The quantitative estimate of drug-likeness (QED) is 0.576. The molecule has 0 bridgehead atoms. The lowest BCUT2D eigenvalue weighted by molar-refractivity contribution is -0.0232. The van der Waals surface area contributed by atoms with Crippen LogP contribution in [0.4, 0.5) is 0 Å². The lowest BCUT2D eigenvalue weighted by Crippen LogP contribution is -2.28. The molecule has 2 aliphatic heterocycles. The molecule has 0 aromatic rings. The number of fused-ring (bicyclic) bond motifs is 2. The zero-order chi connectivity index (χ0) is 9.38. The fourth-order valence-electron chi connectivity index (χ4n) is 1.62. The van der Waals surface area contributed by atoms with Crippen molar-refractivity contribution in [1.82, 2.24) is 0 Å². The summed E-state index contributed by atoms with van der Waals surface area (Å²) in [5, 5.41) is 0. The van der Waals surface area contributed by atoms with Crippen LogP contribution in [0.3, 0.4) is 0 Å². The van der Waals surface area contributed by atoms with Gasteiger partial charge in [0.25, 0.3) is 0 Å². The molecule has 1 atom stereocenters. The number of aliphatic imine (C=N–C) groups is 1. The Morgan fingerprint density at radius 3 is 3.36 bits per heavy atom. The summed E-state index contributed by atoms with van der Waals surface area (Å²) in [5.41, 5.74) is 0.934. The van der Waals surface area contributed by atoms with Gasteiger partial charge in [-0.05, 0) is 12.2 Å². The summed E-state index contributed by atoms with van der Waals surface area (Å²) in [5.74, 6) is 1.63. The normalized spacial score (nSPS) is 28.6. The van der Waals surface area contributed by atoms with Gasteiger partial charge in [0.1, 0.15) is 24.2 Å². The minimum absolute atomic E-state index is 0.0950. The molecule has 2 heterocycles. The molecule has 1 saturated heterocycles. The average Bonchev–Trinajstić information content (AvgIpc) is 2.26. The maximum Gasteiger partial charge on any atom is 0.181 e. The van der Waals surface area contributed by atoms with E-state index in [1.54, 1.807) is 6.20 Å². The van der Waals surface area contributed by atoms with Crippen LogP contribution < -0.4 is 0 Å². The second-order valence-corrected chi connectivity index (χ2v) is 3.17. The molecular formula is C10H9NO3. The minimum Gasteiger partial charge on any atom is -0.492 e. The summed E-state index contributed by atoms with van der Waals surface area (Å²) in [6, 6.07) is 0. The minimum atomic E-state index is -0.0950. The number of ether oxygens (including phenoxy) is 3. The molecule has 0 aromatic heterocycles. The Kier molecular flexibility index (Phi) is 1.67. The number of hydrogen-bond acceptors (Lipinski definition) is 4. The summed E-state index contributed by atoms with van der Waals surface area (Å²) in [7, 11) is 0. The predicted molar refractivity (Wildman–Crippen MR) is 49.5 cm³/mol. The van der Waals surface area contributed by atoms with Gasteiger partial charge in [-0.1, -0.05) is 0 Å². The molecule has 0 saturated carbocycles. The second kappa shape index (κ2) is 2.99. The van der Waals surface area contributed by atoms with Gasteiger partial charge < -0.3 is 14.2 Å². The van der Waals surface area contributed by atoms with Gasteiger partial charge in [-0.25, -0.2) is 4.99 Å². The molecule has 0 amide bonds. The zero-order valence-electron chi connectivity index (χ0n) is 7.47. The van der Waals surface area contributed by atoms with Crippen molar-refractivity contribution in [1.29, 1.82) is 0 Å². The molecule has 72 valence electrons. The second-order valence-electron chi connectivity index (χ2n) is 3.17.